The van der Waals surface area contributed by atoms with E-state index in [9.17, 15) is 18.3 Å². The third-order valence-electron chi connectivity index (χ3n) is 5.20. The number of aliphatic hydroxyl groups excluding tert-OH is 1. The molecule has 0 spiro atoms. The molecule has 4 rings (SSSR count). The first-order valence-electron chi connectivity index (χ1n) is 10.5. The van der Waals surface area contributed by atoms with Crippen molar-refractivity contribution in [3.63, 3.8) is 0 Å². The first kappa shape index (κ1) is 22.1. The number of hydrogen-bond acceptors (Lipinski definition) is 7. The van der Waals surface area contributed by atoms with Crippen LogP contribution in [0.2, 0.25) is 0 Å². The van der Waals surface area contributed by atoms with Crippen molar-refractivity contribution in [1.82, 2.24) is 19.8 Å². The molecule has 0 amide bonds. The van der Waals surface area contributed by atoms with Gasteiger partial charge in [0.2, 0.25) is 5.65 Å². The van der Waals surface area contributed by atoms with Crippen LogP contribution in [0.4, 0.5) is 19.0 Å². The van der Waals surface area contributed by atoms with Gasteiger partial charge in [0.25, 0.3) is 0 Å². The van der Waals surface area contributed by atoms with Gasteiger partial charge in [-0.25, -0.2) is 0 Å². The van der Waals surface area contributed by atoms with Gasteiger partial charge in [-0.2, -0.15) is 4.52 Å². The van der Waals surface area contributed by atoms with Gasteiger partial charge in [0.1, 0.15) is 5.75 Å². The Bertz CT molecular complexity index is 1080. The molecule has 1 aromatic carbocycles. The van der Waals surface area contributed by atoms with Crippen molar-refractivity contribution in [3.05, 3.63) is 29.8 Å². The van der Waals surface area contributed by atoms with Crippen LogP contribution in [0, 0.1) is 0 Å². The second-order valence-electron chi connectivity index (χ2n) is 7.59. The Morgan fingerprint density at radius 3 is 2.88 bits per heavy atom. The minimum Gasteiger partial charge on any atom is -0.489 e. The van der Waals surface area contributed by atoms with E-state index in [0.717, 1.165) is 31.2 Å². The van der Waals surface area contributed by atoms with E-state index in [2.05, 4.69) is 32.3 Å². The third kappa shape index (κ3) is 4.72. The maximum atomic E-state index is 12.6. The molecule has 8 nitrogen and oxygen atoms in total. The van der Waals surface area contributed by atoms with E-state index >= 15 is 0 Å². The number of nitrogens with zero attached hydrogens (tertiary/aromatic N) is 4. The maximum absolute atomic E-state index is 12.6. The standard InChI is InChI=1S/C21H24F3N5O3/c1-2-5-14(9-10-30)25-18-16-8-4-11-31-17(16)20-27-26-19(29(20)28-18)13-6-3-7-15(12-13)32-21(22,23)24/h3,6-7,12,14,30H,2,4-5,8-11H2,1H3,(H,25,28)/t14-/m1/s1. The van der Waals surface area contributed by atoms with Crippen LogP contribution in [0.5, 0.6) is 11.5 Å². The summed E-state index contributed by atoms with van der Waals surface area (Å²) in [7, 11) is 0. The Morgan fingerprint density at radius 2 is 2.12 bits per heavy atom. The van der Waals surface area contributed by atoms with Crippen LogP contribution < -0.4 is 14.8 Å². The highest BCUT2D eigenvalue weighted by atomic mass is 19.4. The number of aromatic nitrogens is 4. The Kier molecular flexibility index (Phi) is 6.35. The van der Waals surface area contributed by atoms with E-state index in [-0.39, 0.29) is 24.2 Å². The van der Waals surface area contributed by atoms with E-state index in [0.29, 0.717) is 35.8 Å². The highest BCUT2D eigenvalue weighted by molar-refractivity contribution is 5.69. The Morgan fingerprint density at radius 1 is 1.28 bits per heavy atom. The molecule has 0 bridgehead atoms. The zero-order chi connectivity index (χ0) is 22.7. The topological polar surface area (TPSA) is 93.8 Å². The molecule has 172 valence electrons. The molecule has 0 fully saturated rings. The predicted octanol–water partition coefficient (Wildman–Crippen LogP) is 3.98. The summed E-state index contributed by atoms with van der Waals surface area (Å²) >= 11 is 0. The molecule has 11 heteroatoms. The lowest BCUT2D eigenvalue weighted by molar-refractivity contribution is -0.274. The highest BCUT2D eigenvalue weighted by Crippen LogP contribution is 2.36. The number of aliphatic hydroxyl groups is 1. The number of ether oxygens (including phenoxy) is 2. The molecule has 0 unspecified atom stereocenters. The first-order chi connectivity index (χ1) is 15.4. The SMILES string of the molecule is CCC[C@H](CCO)Nc1nn2c(-c3cccc(OC(F)(F)F)c3)nnc2c2c1CCCO2. The summed E-state index contributed by atoms with van der Waals surface area (Å²) in [5.74, 6) is 1.07. The predicted molar refractivity (Wildman–Crippen MR) is 111 cm³/mol. The highest BCUT2D eigenvalue weighted by Gasteiger charge is 2.31. The maximum Gasteiger partial charge on any atom is 0.573 e. The van der Waals surface area contributed by atoms with E-state index < -0.39 is 6.36 Å². The smallest absolute Gasteiger partial charge is 0.489 e. The monoisotopic (exact) mass is 451 g/mol. The molecule has 32 heavy (non-hydrogen) atoms. The molecule has 2 N–H and O–H groups in total. The van der Waals surface area contributed by atoms with Crippen molar-refractivity contribution in [1.29, 1.82) is 0 Å². The zero-order valence-electron chi connectivity index (χ0n) is 17.5. The molecule has 0 saturated heterocycles. The molecular weight excluding hydrogens is 427 g/mol. The summed E-state index contributed by atoms with van der Waals surface area (Å²) in [6, 6.07) is 5.54. The molecule has 0 aliphatic carbocycles. The minimum absolute atomic E-state index is 0.0180. The van der Waals surface area contributed by atoms with Crippen LogP contribution in [0.15, 0.2) is 24.3 Å². The van der Waals surface area contributed by atoms with Gasteiger partial charge in [0.05, 0.1) is 6.61 Å². The van der Waals surface area contributed by atoms with Gasteiger partial charge in [-0.3, -0.25) is 0 Å². The van der Waals surface area contributed by atoms with E-state index in [4.69, 9.17) is 4.74 Å². The van der Waals surface area contributed by atoms with Crippen molar-refractivity contribution in [2.24, 2.45) is 0 Å². The lowest BCUT2D eigenvalue weighted by Gasteiger charge is -2.24. The quantitative estimate of drug-likeness (QED) is 0.535. The van der Waals surface area contributed by atoms with Crippen LogP contribution in [0.3, 0.4) is 0 Å². The molecule has 0 saturated carbocycles. The summed E-state index contributed by atoms with van der Waals surface area (Å²) in [6.07, 6.45) is -0.875. The van der Waals surface area contributed by atoms with Gasteiger partial charge in [-0.05, 0) is 37.8 Å². The molecular formula is C21H24F3N5O3. The minimum atomic E-state index is -4.80. The summed E-state index contributed by atoms with van der Waals surface area (Å²) in [5, 5.41) is 25.9. The lowest BCUT2D eigenvalue weighted by atomic mass is 10.1. The Hall–Kier alpha value is -3.08. The van der Waals surface area contributed by atoms with Crippen molar-refractivity contribution in [2.45, 2.75) is 51.4 Å². The first-order valence-corrected chi connectivity index (χ1v) is 10.5. The second kappa shape index (κ2) is 9.19. The molecule has 0 radical (unpaired) electrons. The van der Waals surface area contributed by atoms with Crippen molar-refractivity contribution in [2.75, 3.05) is 18.5 Å². The number of nitrogens with one attached hydrogen (secondary N) is 1. The van der Waals surface area contributed by atoms with Crippen molar-refractivity contribution >= 4 is 11.5 Å². The third-order valence-corrected chi connectivity index (χ3v) is 5.20. The fourth-order valence-corrected chi connectivity index (χ4v) is 3.84. The Balaban J connectivity index is 1.79. The number of hydrogen-bond donors (Lipinski definition) is 2. The van der Waals surface area contributed by atoms with Crippen molar-refractivity contribution < 1.29 is 27.8 Å². The fraction of sp³-hybridized carbons (Fsp3) is 0.476. The van der Waals surface area contributed by atoms with Crippen LogP contribution in [-0.2, 0) is 6.42 Å². The second-order valence-corrected chi connectivity index (χ2v) is 7.59. The van der Waals surface area contributed by atoms with Crippen LogP contribution in [0.25, 0.3) is 17.0 Å². The molecule has 2 aromatic heterocycles. The number of benzene rings is 1. The molecule has 1 aliphatic heterocycles. The normalized spacial score (nSPS) is 14.7. The van der Waals surface area contributed by atoms with E-state index in [1.165, 1.54) is 22.7 Å². The van der Waals surface area contributed by atoms with Crippen molar-refractivity contribution in [3.8, 4) is 22.9 Å². The summed E-state index contributed by atoms with van der Waals surface area (Å²) < 4.78 is 49.3. The number of rotatable bonds is 8. The summed E-state index contributed by atoms with van der Waals surface area (Å²) in [4.78, 5) is 0. The number of anilines is 1. The lowest BCUT2D eigenvalue weighted by Crippen LogP contribution is -2.24. The fourth-order valence-electron chi connectivity index (χ4n) is 3.84. The molecule has 3 aromatic rings. The van der Waals surface area contributed by atoms with Gasteiger partial charge >= 0.3 is 6.36 Å². The summed E-state index contributed by atoms with van der Waals surface area (Å²) in [6.45, 7) is 2.63. The number of fused-ring (bicyclic) bond motifs is 3. The zero-order valence-corrected chi connectivity index (χ0v) is 17.5. The molecule has 3 heterocycles. The van der Waals surface area contributed by atoms with Crippen LogP contribution >= 0.6 is 0 Å². The summed E-state index contributed by atoms with van der Waals surface area (Å²) in [5.41, 5.74) is 1.65. The Labute approximate surface area is 182 Å². The van der Waals surface area contributed by atoms with Gasteiger partial charge in [-0.15, -0.1) is 28.5 Å². The number of halogens is 3. The van der Waals surface area contributed by atoms with E-state index in [1.807, 2.05) is 0 Å². The van der Waals surface area contributed by atoms with Crippen LogP contribution in [0.1, 0.15) is 38.2 Å². The van der Waals surface area contributed by atoms with Crippen LogP contribution in [-0.4, -0.2) is 50.5 Å². The average Bonchev–Trinajstić information content (AvgIpc) is 3.17. The van der Waals surface area contributed by atoms with Gasteiger partial charge in [-0.1, -0.05) is 25.5 Å². The van der Waals surface area contributed by atoms with E-state index in [1.54, 1.807) is 6.07 Å². The number of alkyl halides is 3. The largest absolute Gasteiger partial charge is 0.573 e. The average molecular weight is 451 g/mol. The van der Waals surface area contributed by atoms with Gasteiger partial charge in [0.15, 0.2) is 17.4 Å². The van der Waals surface area contributed by atoms with Gasteiger partial charge < -0.3 is 19.9 Å². The van der Waals surface area contributed by atoms with Gasteiger partial charge in [0, 0.05) is 23.8 Å². The molecule has 1 aliphatic rings. The molecule has 1 atom stereocenters.